The second-order valence-corrected chi connectivity index (χ2v) is 5.80. The zero-order valence-corrected chi connectivity index (χ0v) is 13.9. The molecule has 5 heteroatoms. The Morgan fingerprint density at radius 3 is 2.68 bits per heavy atom. The van der Waals surface area contributed by atoms with Gasteiger partial charge in [0, 0.05) is 13.6 Å². The van der Waals surface area contributed by atoms with Gasteiger partial charge < -0.3 is 4.90 Å². The van der Waals surface area contributed by atoms with Crippen molar-refractivity contribution in [1.29, 1.82) is 0 Å². The summed E-state index contributed by atoms with van der Waals surface area (Å²) >= 11 is 6.14. The number of nitrogens with zero attached hydrogens (tertiary/aromatic N) is 3. The van der Waals surface area contributed by atoms with Crippen LogP contribution in [-0.4, -0.2) is 20.6 Å². The summed E-state index contributed by atoms with van der Waals surface area (Å²) in [6, 6.07) is 6.22. The van der Waals surface area contributed by atoms with Crippen molar-refractivity contribution in [3.8, 4) is 0 Å². The lowest BCUT2D eigenvalue weighted by molar-refractivity contribution is -0.127. The van der Waals surface area contributed by atoms with Gasteiger partial charge in [-0.15, -0.1) is 0 Å². The number of hydrogen-bond donors (Lipinski definition) is 0. The standard InChI is InChI=1S/C17H20ClN3O/c1-5-17(22)21(11-16-15(18)9-19-20(16)4)10-14-7-6-12(2)8-13(14)3/h5-9H,1,10-11H2,2-4H3. The fourth-order valence-electron chi connectivity index (χ4n) is 2.36. The Balaban J connectivity index is 2.27. The van der Waals surface area contributed by atoms with E-state index < -0.39 is 0 Å². The number of aryl methyl sites for hydroxylation is 3. The van der Waals surface area contributed by atoms with Gasteiger partial charge in [0.15, 0.2) is 0 Å². The van der Waals surface area contributed by atoms with E-state index in [0.717, 1.165) is 16.8 Å². The molecule has 116 valence electrons. The van der Waals surface area contributed by atoms with Crippen molar-refractivity contribution in [2.24, 2.45) is 7.05 Å². The minimum absolute atomic E-state index is 0.128. The Hall–Kier alpha value is -2.07. The van der Waals surface area contributed by atoms with E-state index in [2.05, 4.69) is 43.7 Å². The summed E-state index contributed by atoms with van der Waals surface area (Å²) in [5.41, 5.74) is 4.29. The fraction of sp³-hybridized carbons (Fsp3) is 0.294. The zero-order chi connectivity index (χ0) is 16.3. The molecule has 2 rings (SSSR count). The molecule has 0 atom stereocenters. The minimum Gasteiger partial charge on any atom is -0.329 e. The van der Waals surface area contributed by atoms with E-state index in [0.29, 0.717) is 18.1 Å². The van der Waals surface area contributed by atoms with E-state index in [-0.39, 0.29) is 5.91 Å². The van der Waals surface area contributed by atoms with Crippen LogP contribution in [0, 0.1) is 13.8 Å². The Bertz CT molecular complexity index is 686. The van der Waals surface area contributed by atoms with Gasteiger partial charge in [0.2, 0.25) is 5.91 Å². The van der Waals surface area contributed by atoms with Crippen LogP contribution in [0.15, 0.2) is 37.1 Å². The molecule has 0 aliphatic carbocycles. The molecule has 0 radical (unpaired) electrons. The van der Waals surface area contributed by atoms with Gasteiger partial charge in [0.1, 0.15) is 0 Å². The molecule has 0 saturated heterocycles. The van der Waals surface area contributed by atoms with Gasteiger partial charge in [-0.2, -0.15) is 5.10 Å². The van der Waals surface area contributed by atoms with E-state index in [1.54, 1.807) is 15.8 Å². The van der Waals surface area contributed by atoms with Crippen molar-refractivity contribution in [2.75, 3.05) is 0 Å². The number of aromatic nitrogens is 2. The van der Waals surface area contributed by atoms with Crippen LogP contribution in [0.4, 0.5) is 0 Å². The molecule has 0 spiro atoms. The van der Waals surface area contributed by atoms with Gasteiger partial charge >= 0.3 is 0 Å². The highest BCUT2D eigenvalue weighted by Gasteiger charge is 2.17. The lowest BCUT2D eigenvalue weighted by Crippen LogP contribution is -2.29. The topological polar surface area (TPSA) is 38.1 Å². The normalized spacial score (nSPS) is 10.5. The Kier molecular flexibility index (Phi) is 5.03. The molecule has 1 amide bonds. The molecule has 0 bridgehead atoms. The third-order valence-electron chi connectivity index (χ3n) is 3.70. The van der Waals surface area contributed by atoms with Crippen molar-refractivity contribution in [2.45, 2.75) is 26.9 Å². The summed E-state index contributed by atoms with van der Waals surface area (Å²) in [6.45, 7) is 8.60. The molecular weight excluding hydrogens is 298 g/mol. The predicted molar refractivity (Wildman–Crippen MR) is 88.6 cm³/mol. The molecule has 22 heavy (non-hydrogen) atoms. The second-order valence-electron chi connectivity index (χ2n) is 5.39. The average molecular weight is 318 g/mol. The first-order valence-electron chi connectivity index (χ1n) is 7.06. The Morgan fingerprint density at radius 2 is 2.14 bits per heavy atom. The number of halogens is 1. The third-order valence-corrected chi connectivity index (χ3v) is 4.01. The molecule has 0 aliphatic rings. The highest BCUT2D eigenvalue weighted by Crippen LogP contribution is 2.19. The largest absolute Gasteiger partial charge is 0.329 e. The summed E-state index contributed by atoms with van der Waals surface area (Å²) in [5.74, 6) is -0.128. The Labute approximate surface area is 136 Å². The number of rotatable bonds is 5. The molecule has 0 saturated carbocycles. The smallest absolute Gasteiger partial charge is 0.246 e. The molecule has 1 aromatic carbocycles. The highest BCUT2D eigenvalue weighted by atomic mass is 35.5. The van der Waals surface area contributed by atoms with Crippen molar-refractivity contribution in [3.05, 3.63) is 64.5 Å². The van der Waals surface area contributed by atoms with Crippen LogP contribution in [0.3, 0.4) is 0 Å². The van der Waals surface area contributed by atoms with Gasteiger partial charge in [-0.1, -0.05) is 41.9 Å². The molecule has 1 heterocycles. The maximum Gasteiger partial charge on any atom is 0.246 e. The lowest BCUT2D eigenvalue weighted by Gasteiger charge is -2.22. The molecule has 0 unspecified atom stereocenters. The zero-order valence-electron chi connectivity index (χ0n) is 13.1. The molecule has 4 nitrogen and oxygen atoms in total. The Morgan fingerprint density at radius 1 is 1.41 bits per heavy atom. The third kappa shape index (κ3) is 3.57. The van der Waals surface area contributed by atoms with E-state index in [4.69, 9.17) is 11.6 Å². The van der Waals surface area contributed by atoms with Crippen molar-refractivity contribution < 1.29 is 4.79 Å². The molecule has 1 aromatic heterocycles. The van der Waals surface area contributed by atoms with E-state index in [1.165, 1.54) is 11.6 Å². The van der Waals surface area contributed by atoms with E-state index in [1.807, 2.05) is 7.05 Å². The van der Waals surface area contributed by atoms with Crippen LogP contribution in [0.25, 0.3) is 0 Å². The monoisotopic (exact) mass is 317 g/mol. The van der Waals surface area contributed by atoms with Gasteiger partial charge in [-0.3, -0.25) is 9.48 Å². The fourth-order valence-corrected chi connectivity index (χ4v) is 2.59. The first-order chi connectivity index (χ1) is 10.4. The first-order valence-corrected chi connectivity index (χ1v) is 7.44. The molecular formula is C17H20ClN3O. The summed E-state index contributed by atoms with van der Waals surface area (Å²) in [5, 5.41) is 4.67. The van der Waals surface area contributed by atoms with Crippen molar-refractivity contribution in [3.63, 3.8) is 0 Å². The van der Waals surface area contributed by atoms with Crippen LogP contribution in [0.2, 0.25) is 5.02 Å². The number of benzene rings is 1. The van der Waals surface area contributed by atoms with Crippen molar-refractivity contribution >= 4 is 17.5 Å². The molecule has 0 N–H and O–H groups in total. The molecule has 0 aliphatic heterocycles. The van der Waals surface area contributed by atoms with Gasteiger partial charge in [0.05, 0.1) is 23.5 Å². The summed E-state index contributed by atoms with van der Waals surface area (Å²) < 4.78 is 1.69. The predicted octanol–water partition coefficient (Wildman–Crippen LogP) is 3.41. The van der Waals surface area contributed by atoms with Crippen molar-refractivity contribution in [1.82, 2.24) is 14.7 Å². The average Bonchev–Trinajstić information content (AvgIpc) is 2.79. The van der Waals surface area contributed by atoms with Gasteiger partial charge in [-0.25, -0.2) is 0 Å². The lowest BCUT2D eigenvalue weighted by atomic mass is 10.1. The van der Waals surface area contributed by atoms with Gasteiger partial charge in [0.25, 0.3) is 0 Å². The summed E-state index contributed by atoms with van der Waals surface area (Å²) in [6.07, 6.45) is 2.92. The van der Waals surface area contributed by atoms with Crippen LogP contribution in [0.5, 0.6) is 0 Å². The molecule has 0 fully saturated rings. The van der Waals surface area contributed by atoms with E-state index in [9.17, 15) is 4.79 Å². The number of carbonyl (C=O) groups excluding carboxylic acids is 1. The summed E-state index contributed by atoms with van der Waals surface area (Å²) in [7, 11) is 1.81. The highest BCUT2D eigenvalue weighted by molar-refractivity contribution is 6.31. The van der Waals surface area contributed by atoms with Gasteiger partial charge in [-0.05, 0) is 31.1 Å². The number of carbonyl (C=O) groups is 1. The van der Waals surface area contributed by atoms with E-state index >= 15 is 0 Å². The SMILES string of the molecule is C=CC(=O)N(Cc1ccc(C)cc1C)Cc1c(Cl)cnn1C. The maximum absolute atomic E-state index is 12.2. The minimum atomic E-state index is -0.128. The quantitative estimate of drug-likeness (QED) is 0.793. The number of hydrogen-bond acceptors (Lipinski definition) is 2. The summed E-state index contributed by atoms with van der Waals surface area (Å²) in [4.78, 5) is 13.9. The number of amides is 1. The second kappa shape index (κ2) is 6.79. The molecule has 2 aromatic rings. The van der Waals surface area contributed by atoms with Crippen LogP contribution >= 0.6 is 11.6 Å². The van der Waals surface area contributed by atoms with Crippen LogP contribution in [-0.2, 0) is 24.9 Å². The maximum atomic E-state index is 12.2. The first kappa shape index (κ1) is 16.3. The van der Waals surface area contributed by atoms with Crippen LogP contribution in [0.1, 0.15) is 22.4 Å². The van der Waals surface area contributed by atoms with Crippen LogP contribution < -0.4 is 0 Å².